The van der Waals surface area contributed by atoms with E-state index in [2.05, 4.69) is 0 Å². The van der Waals surface area contributed by atoms with Gasteiger partial charge in [0.1, 0.15) is 5.75 Å². The maximum atomic E-state index is 12.4. The molecule has 1 saturated heterocycles. The Kier molecular flexibility index (Phi) is 3.31. The maximum absolute atomic E-state index is 12.4. The molecule has 3 rings (SSSR count). The Morgan fingerprint density at radius 1 is 1.33 bits per heavy atom. The molecule has 1 aromatic carbocycles. The minimum Gasteiger partial charge on any atom is -0.465 e. The lowest BCUT2D eigenvalue weighted by atomic mass is 9.98. The molecular formula is C14H16O6S. The predicted molar refractivity (Wildman–Crippen MR) is 72.8 cm³/mol. The van der Waals surface area contributed by atoms with Gasteiger partial charge in [-0.15, -0.1) is 0 Å². The van der Waals surface area contributed by atoms with Gasteiger partial charge in [-0.25, -0.2) is 13.2 Å². The van der Waals surface area contributed by atoms with E-state index in [9.17, 15) is 13.2 Å². The summed E-state index contributed by atoms with van der Waals surface area (Å²) in [5.74, 6) is -2.00. The first kappa shape index (κ1) is 14.5. The second-order valence-corrected chi connectivity index (χ2v) is 7.02. The second-order valence-electron chi connectivity index (χ2n) is 5.06. The molecule has 2 heterocycles. The van der Waals surface area contributed by atoms with E-state index in [-0.39, 0.29) is 16.2 Å². The standard InChI is InChI=1S/C14H16O6S/c1-3-9-6-11-12(7-10(9)13(15)18-2)21(16,17)8-14(11)19-4-5-20-14/h6-7H,3-5,8H2,1-2H3. The van der Waals surface area contributed by atoms with E-state index in [1.54, 1.807) is 6.07 Å². The van der Waals surface area contributed by atoms with Gasteiger partial charge in [0.05, 0.1) is 30.8 Å². The molecule has 114 valence electrons. The van der Waals surface area contributed by atoms with Crippen molar-refractivity contribution in [1.29, 1.82) is 0 Å². The number of esters is 1. The third-order valence-corrected chi connectivity index (χ3v) is 5.64. The van der Waals surface area contributed by atoms with Crippen molar-refractivity contribution in [2.75, 3.05) is 26.1 Å². The van der Waals surface area contributed by atoms with Crippen LogP contribution in [0.25, 0.3) is 0 Å². The number of sulfone groups is 1. The molecule has 0 bridgehead atoms. The van der Waals surface area contributed by atoms with Crippen LogP contribution in [0.15, 0.2) is 17.0 Å². The fourth-order valence-corrected chi connectivity index (χ4v) is 4.70. The lowest BCUT2D eigenvalue weighted by Crippen LogP contribution is -2.29. The third-order valence-electron chi connectivity index (χ3n) is 3.87. The van der Waals surface area contributed by atoms with Crippen molar-refractivity contribution in [1.82, 2.24) is 0 Å². The van der Waals surface area contributed by atoms with Crippen LogP contribution in [-0.4, -0.2) is 40.5 Å². The topological polar surface area (TPSA) is 78.9 Å². The van der Waals surface area contributed by atoms with Crippen molar-refractivity contribution in [2.45, 2.75) is 24.0 Å². The molecular weight excluding hydrogens is 296 g/mol. The highest BCUT2D eigenvalue weighted by molar-refractivity contribution is 7.91. The number of benzene rings is 1. The summed E-state index contributed by atoms with van der Waals surface area (Å²) >= 11 is 0. The van der Waals surface area contributed by atoms with Crippen LogP contribution in [0.5, 0.6) is 0 Å². The summed E-state index contributed by atoms with van der Waals surface area (Å²) in [5, 5.41) is 0. The number of ether oxygens (including phenoxy) is 3. The summed E-state index contributed by atoms with van der Waals surface area (Å²) in [6.45, 7) is 2.60. The van der Waals surface area contributed by atoms with Gasteiger partial charge in [-0.2, -0.15) is 0 Å². The molecule has 1 fully saturated rings. The quantitative estimate of drug-likeness (QED) is 0.759. The largest absolute Gasteiger partial charge is 0.465 e. The number of hydrogen-bond donors (Lipinski definition) is 0. The monoisotopic (exact) mass is 312 g/mol. The Hall–Kier alpha value is -1.44. The molecule has 0 amide bonds. The summed E-state index contributed by atoms with van der Waals surface area (Å²) in [4.78, 5) is 11.9. The Balaban J connectivity index is 2.25. The predicted octanol–water partition coefficient (Wildman–Crippen LogP) is 1.02. The molecule has 0 saturated carbocycles. The number of methoxy groups -OCH3 is 1. The van der Waals surface area contributed by atoms with Crippen molar-refractivity contribution >= 4 is 15.8 Å². The average Bonchev–Trinajstić information content (AvgIpc) is 3.01. The van der Waals surface area contributed by atoms with Crippen LogP contribution in [0, 0.1) is 0 Å². The zero-order valence-corrected chi connectivity index (χ0v) is 12.7. The van der Waals surface area contributed by atoms with Crippen LogP contribution in [0.3, 0.4) is 0 Å². The minimum absolute atomic E-state index is 0.0991. The molecule has 0 atom stereocenters. The van der Waals surface area contributed by atoms with E-state index in [1.807, 2.05) is 6.92 Å². The van der Waals surface area contributed by atoms with E-state index in [4.69, 9.17) is 14.2 Å². The summed E-state index contributed by atoms with van der Waals surface area (Å²) < 4.78 is 40.6. The fraction of sp³-hybridized carbons (Fsp3) is 0.500. The summed E-state index contributed by atoms with van der Waals surface area (Å²) in [5.41, 5.74) is 1.48. The number of rotatable bonds is 2. The zero-order chi connectivity index (χ0) is 15.3. The van der Waals surface area contributed by atoms with Crippen LogP contribution in [0.4, 0.5) is 0 Å². The molecule has 0 unspecified atom stereocenters. The smallest absolute Gasteiger partial charge is 0.338 e. The molecule has 0 radical (unpaired) electrons. The molecule has 0 N–H and O–H groups in total. The van der Waals surface area contributed by atoms with Gasteiger partial charge in [0.2, 0.25) is 5.79 Å². The lowest BCUT2D eigenvalue weighted by molar-refractivity contribution is -0.145. The summed E-state index contributed by atoms with van der Waals surface area (Å²) in [6.07, 6.45) is 0.577. The highest BCUT2D eigenvalue weighted by Crippen LogP contribution is 2.45. The zero-order valence-electron chi connectivity index (χ0n) is 11.8. The highest BCUT2D eigenvalue weighted by atomic mass is 32.2. The number of hydrogen-bond acceptors (Lipinski definition) is 6. The molecule has 6 nitrogen and oxygen atoms in total. The van der Waals surface area contributed by atoms with Crippen LogP contribution in [-0.2, 0) is 36.3 Å². The Bertz CT molecular complexity index is 700. The van der Waals surface area contributed by atoms with Crippen molar-refractivity contribution in [3.05, 3.63) is 28.8 Å². The molecule has 0 aromatic heterocycles. The minimum atomic E-state index is -3.54. The van der Waals surface area contributed by atoms with Gasteiger partial charge in [0.25, 0.3) is 0 Å². The lowest BCUT2D eigenvalue weighted by Gasteiger charge is -2.22. The van der Waals surface area contributed by atoms with Crippen molar-refractivity contribution in [2.24, 2.45) is 0 Å². The first-order valence-electron chi connectivity index (χ1n) is 6.70. The fourth-order valence-electron chi connectivity index (χ4n) is 2.87. The summed E-state index contributed by atoms with van der Waals surface area (Å²) in [7, 11) is -2.27. The first-order chi connectivity index (χ1) is 9.93. The molecule has 1 spiro atoms. The number of carbonyl (C=O) groups excluding carboxylic acids is 1. The number of carbonyl (C=O) groups is 1. The van der Waals surface area contributed by atoms with Gasteiger partial charge >= 0.3 is 5.97 Å². The first-order valence-corrected chi connectivity index (χ1v) is 8.35. The highest BCUT2D eigenvalue weighted by Gasteiger charge is 2.52. The molecule has 0 aliphatic carbocycles. The van der Waals surface area contributed by atoms with E-state index < -0.39 is 21.6 Å². The van der Waals surface area contributed by atoms with E-state index >= 15 is 0 Å². The van der Waals surface area contributed by atoms with Crippen LogP contribution < -0.4 is 0 Å². The Morgan fingerprint density at radius 3 is 2.57 bits per heavy atom. The van der Waals surface area contributed by atoms with Gasteiger partial charge in [-0.05, 0) is 24.1 Å². The van der Waals surface area contributed by atoms with Gasteiger partial charge < -0.3 is 14.2 Å². The normalized spacial score (nSPS) is 21.4. The molecule has 21 heavy (non-hydrogen) atoms. The second kappa shape index (κ2) is 4.79. The summed E-state index contributed by atoms with van der Waals surface area (Å²) in [6, 6.07) is 3.08. The van der Waals surface area contributed by atoms with Gasteiger partial charge in [0, 0.05) is 5.56 Å². The Morgan fingerprint density at radius 2 is 2.00 bits per heavy atom. The van der Waals surface area contributed by atoms with Gasteiger partial charge in [-0.3, -0.25) is 0 Å². The van der Waals surface area contributed by atoms with Crippen LogP contribution >= 0.6 is 0 Å². The van der Waals surface area contributed by atoms with Crippen LogP contribution in [0.1, 0.15) is 28.4 Å². The van der Waals surface area contributed by atoms with E-state index in [1.165, 1.54) is 13.2 Å². The van der Waals surface area contributed by atoms with E-state index in [0.717, 1.165) is 5.56 Å². The van der Waals surface area contributed by atoms with Crippen molar-refractivity contribution < 1.29 is 27.4 Å². The molecule has 1 aromatic rings. The maximum Gasteiger partial charge on any atom is 0.338 e. The van der Waals surface area contributed by atoms with Crippen LogP contribution in [0.2, 0.25) is 0 Å². The SMILES string of the molecule is CCc1cc2c(cc1C(=O)OC)S(=O)(=O)CC21OCCO1. The Labute approximate surface area is 122 Å². The average molecular weight is 312 g/mol. The number of aryl methyl sites for hydroxylation is 1. The third kappa shape index (κ3) is 2.07. The van der Waals surface area contributed by atoms with Crippen molar-refractivity contribution in [3.8, 4) is 0 Å². The van der Waals surface area contributed by atoms with E-state index in [0.29, 0.717) is 25.2 Å². The van der Waals surface area contributed by atoms with Crippen molar-refractivity contribution in [3.63, 3.8) is 0 Å². The molecule has 2 aliphatic heterocycles. The van der Waals surface area contributed by atoms with Gasteiger partial charge in [0.15, 0.2) is 9.84 Å². The number of fused-ring (bicyclic) bond motifs is 2. The van der Waals surface area contributed by atoms with Gasteiger partial charge in [-0.1, -0.05) is 6.92 Å². The molecule has 2 aliphatic rings. The molecule has 7 heteroatoms.